The van der Waals surface area contributed by atoms with Crippen LogP contribution in [0, 0.1) is 0 Å². The Kier molecular flexibility index (Phi) is 8.39. The van der Waals surface area contributed by atoms with Crippen LogP contribution in [0.4, 0.5) is 0 Å². The van der Waals surface area contributed by atoms with Crippen LogP contribution in [0.1, 0.15) is 32.6 Å². The van der Waals surface area contributed by atoms with Gasteiger partial charge >= 0.3 is 0 Å². The highest BCUT2D eigenvalue weighted by atomic mass is 79.9. The summed E-state index contributed by atoms with van der Waals surface area (Å²) in [5, 5.41) is 9.14. The Hall–Kier alpha value is -1.96. The van der Waals surface area contributed by atoms with Gasteiger partial charge < -0.3 is 4.74 Å². The first-order valence-electron chi connectivity index (χ1n) is 11.0. The van der Waals surface area contributed by atoms with Crippen molar-refractivity contribution in [2.24, 2.45) is 0 Å². The summed E-state index contributed by atoms with van der Waals surface area (Å²) in [6, 6.07) is 22.4. The number of benzene rings is 3. The maximum atomic E-state index is 5.94. The molecule has 0 aliphatic rings. The number of aromatic nitrogens is 3. The third kappa shape index (κ3) is 6.14. The lowest BCUT2D eigenvalue weighted by Gasteiger charge is -2.13. The molecule has 0 spiro atoms. The summed E-state index contributed by atoms with van der Waals surface area (Å²) in [4.78, 5) is 0. The first-order valence-corrected chi connectivity index (χ1v) is 13.3. The molecule has 3 aromatic carbocycles. The number of nitrogens with zero attached hydrogens (tertiary/aromatic N) is 3. The number of hydrogen-bond acceptors (Lipinski definition) is 3. The molecule has 0 saturated heterocycles. The van der Waals surface area contributed by atoms with E-state index in [0.717, 1.165) is 60.7 Å². The number of hydrogen-bond donors (Lipinski definition) is 0. The maximum Gasteiger partial charge on any atom is 0.168 e. The molecule has 4 aromatic rings. The van der Waals surface area contributed by atoms with E-state index in [9.17, 15) is 0 Å². The molecule has 33 heavy (non-hydrogen) atoms. The second-order valence-corrected chi connectivity index (χ2v) is 10.5. The lowest BCUT2D eigenvalue weighted by Crippen LogP contribution is -2.01. The summed E-state index contributed by atoms with van der Waals surface area (Å²) >= 11 is 10.7. The van der Waals surface area contributed by atoms with Crippen molar-refractivity contribution >= 4 is 47.8 Å². The van der Waals surface area contributed by atoms with Crippen molar-refractivity contribution in [3.63, 3.8) is 0 Å². The summed E-state index contributed by atoms with van der Waals surface area (Å²) < 4.78 is 11.0. The van der Waals surface area contributed by atoms with Crippen LogP contribution in [-0.2, 0) is 0 Å². The average Bonchev–Trinajstić information content (AvgIpc) is 3.24. The molecular weight excluding hydrogens is 610 g/mol. The first-order chi connectivity index (χ1) is 16.0. The van der Waals surface area contributed by atoms with Crippen molar-refractivity contribution in [3.05, 3.63) is 80.1 Å². The molecular formula is C26H24Br3N3O. The van der Waals surface area contributed by atoms with E-state index in [-0.39, 0.29) is 0 Å². The fraction of sp³-hybridized carbons (Fsp3) is 0.231. The molecule has 170 valence electrons. The maximum absolute atomic E-state index is 5.94. The van der Waals surface area contributed by atoms with E-state index >= 15 is 0 Å². The Morgan fingerprint density at radius 3 is 1.97 bits per heavy atom. The molecule has 1 heterocycles. The quantitative estimate of drug-likeness (QED) is 0.173. The van der Waals surface area contributed by atoms with Gasteiger partial charge in [0.05, 0.1) is 6.61 Å². The highest BCUT2D eigenvalue weighted by molar-refractivity contribution is 9.11. The van der Waals surface area contributed by atoms with Crippen molar-refractivity contribution in [1.29, 1.82) is 0 Å². The van der Waals surface area contributed by atoms with Crippen LogP contribution < -0.4 is 4.74 Å². The fourth-order valence-electron chi connectivity index (χ4n) is 3.59. The minimum absolute atomic E-state index is 0.743. The number of ether oxygens (including phenoxy) is 1. The fourth-order valence-corrected chi connectivity index (χ4v) is 5.15. The number of unbranched alkanes of at least 4 members (excludes halogenated alkanes) is 3. The molecule has 7 heteroatoms. The molecule has 0 saturated carbocycles. The van der Waals surface area contributed by atoms with Gasteiger partial charge in [-0.1, -0.05) is 86.1 Å². The largest absolute Gasteiger partial charge is 0.494 e. The molecule has 1 aromatic heterocycles. The van der Waals surface area contributed by atoms with Gasteiger partial charge in [0.2, 0.25) is 0 Å². The van der Waals surface area contributed by atoms with Crippen LogP contribution in [0.25, 0.3) is 28.5 Å². The Labute approximate surface area is 219 Å². The third-order valence-electron chi connectivity index (χ3n) is 5.25. The molecule has 0 unspecified atom stereocenters. The van der Waals surface area contributed by atoms with Crippen LogP contribution in [0.2, 0.25) is 0 Å². The standard InChI is InChI=1S/C26H24Br3N3O/c1-2-3-4-5-14-33-24-12-10-23(11-13-24)32-25(18-6-8-20(27)9-7-18)30-31-26(32)19-15-21(28)17-22(29)16-19/h6-13,15-17H,2-5,14H2,1H3. The zero-order chi connectivity index (χ0) is 23.2. The van der Waals surface area contributed by atoms with E-state index in [2.05, 4.69) is 81.6 Å². The van der Waals surface area contributed by atoms with Gasteiger partial charge in [0.15, 0.2) is 11.6 Å². The Balaban J connectivity index is 1.70. The zero-order valence-corrected chi connectivity index (χ0v) is 23.0. The second kappa shape index (κ2) is 11.4. The highest BCUT2D eigenvalue weighted by Gasteiger charge is 2.18. The van der Waals surface area contributed by atoms with Gasteiger partial charge in [-0.15, -0.1) is 10.2 Å². The first kappa shape index (κ1) is 24.2. The van der Waals surface area contributed by atoms with Gasteiger partial charge in [-0.05, 0) is 61.0 Å². The lowest BCUT2D eigenvalue weighted by molar-refractivity contribution is 0.305. The van der Waals surface area contributed by atoms with E-state index in [0.29, 0.717) is 0 Å². The monoisotopic (exact) mass is 631 g/mol. The topological polar surface area (TPSA) is 39.9 Å². The van der Waals surface area contributed by atoms with Crippen LogP contribution in [0.15, 0.2) is 80.1 Å². The van der Waals surface area contributed by atoms with Gasteiger partial charge in [0.1, 0.15) is 5.75 Å². The van der Waals surface area contributed by atoms with Crippen LogP contribution in [0.3, 0.4) is 0 Å². The number of rotatable bonds is 9. The summed E-state index contributed by atoms with van der Waals surface area (Å²) in [6.45, 7) is 2.96. The molecule has 4 nitrogen and oxygen atoms in total. The zero-order valence-electron chi connectivity index (χ0n) is 18.3. The van der Waals surface area contributed by atoms with Gasteiger partial charge in [-0.25, -0.2) is 0 Å². The van der Waals surface area contributed by atoms with Gasteiger partial charge in [0.25, 0.3) is 0 Å². The van der Waals surface area contributed by atoms with Crippen LogP contribution >= 0.6 is 47.8 Å². The molecule has 0 atom stereocenters. The Morgan fingerprint density at radius 1 is 0.697 bits per heavy atom. The Morgan fingerprint density at radius 2 is 1.33 bits per heavy atom. The van der Waals surface area contributed by atoms with Gasteiger partial charge in [-0.3, -0.25) is 4.57 Å². The molecule has 4 rings (SSSR count). The van der Waals surface area contributed by atoms with E-state index in [1.54, 1.807) is 0 Å². The van der Waals surface area contributed by atoms with E-state index in [4.69, 9.17) is 4.74 Å². The smallest absolute Gasteiger partial charge is 0.168 e. The van der Waals surface area contributed by atoms with E-state index < -0.39 is 0 Å². The summed E-state index contributed by atoms with van der Waals surface area (Å²) in [6.07, 6.45) is 4.77. The molecule has 0 amide bonds. The molecule has 0 bridgehead atoms. The number of halogens is 3. The van der Waals surface area contributed by atoms with Crippen molar-refractivity contribution < 1.29 is 4.74 Å². The van der Waals surface area contributed by atoms with Crippen molar-refractivity contribution in [1.82, 2.24) is 14.8 Å². The molecule has 0 aliphatic carbocycles. The third-order valence-corrected chi connectivity index (χ3v) is 6.69. The highest BCUT2D eigenvalue weighted by Crippen LogP contribution is 2.32. The molecule has 0 fully saturated rings. The predicted molar refractivity (Wildman–Crippen MR) is 145 cm³/mol. The van der Waals surface area contributed by atoms with E-state index in [1.165, 1.54) is 19.3 Å². The molecule has 0 aliphatic heterocycles. The summed E-state index contributed by atoms with van der Waals surface area (Å²) in [5.41, 5.74) is 2.92. The molecule has 0 N–H and O–H groups in total. The van der Waals surface area contributed by atoms with E-state index in [1.807, 2.05) is 54.6 Å². The SMILES string of the molecule is CCCCCCOc1ccc(-n2c(-c3ccc(Br)cc3)nnc2-c2cc(Br)cc(Br)c2)cc1. The molecule has 0 radical (unpaired) electrons. The van der Waals surface area contributed by atoms with Gasteiger partial charge in [-0.2, -0.15) is 0 Å². The normalized spacial score (nSPS) is 11.0. The van der Waals surface area contributed by atoms with Crippen LogP contribution in [-0.4, -0.2) is 21.4 Å². The van der Waals surface area contributed by atoms with Crippen molar-refractivity contribution in [2.75, 3.05) is 6.61 Å². The minimum Gasteiger partial charge on any atom is -0.494 e. The summed E-state index contributed by atoms with van der Waals surface area (Å²) in [7, 11) is 0. The average molecular weight is 634 g/mol. The van der Waals surface area contributed by atoms with Crippen molar-refractivity contribution in [2.45, 2.75) is 32.6 Å². The Bertz CT molecular complexity index is 1180. The van der Waals surface area contributed by atoms with Gasteiger partial charge in [0, 0.05) is 30.2 Å². The summed E-state index contributed by atoms with van der Waals surface area (Å²) in [5.74, 6) is 2.42. The van der Waals surface area contributed by atoms with Crippen molar-refractivity contribution in [3.8, 4) is 34.2 Å². The predicted octanol–water partition coefficient (Wildman–Crippen LogP) is 8.85. The second-order valence-electron chi connectivity index (χ2n) is 7.75. The lowest BCUT2D eigenvalue weighted by atomic mass is 10.1. The van der Waals surface area contributed by atoms with Crippen LogP contribution in [0.5, 0.6) is 5.75 Å². The minimum atomic E-state index is 0.743.